The van der Waals surface area contributed by atoms with Crippen molar-refractivity contribution in [1.82, 2.24) is 10.0 Å². The number of amides is 1. The Bertz CT molecular complexity index is 1040. The van der Waals surface area contributed by atoms with Crippen LogP contribution in [-0.4, -0.2) is 20.4 Å². The van der Waals surface area contributed by atoms with Crippen molar-refractivity contribution < 1.29 is 17.6 Å². The minimum absolute atomic E-state index is 0.134. The number of hydrogen-bond donors (Lipinski definition) is 2. The molecule has 0 radical (unpaired) electrons. The second kappa shape index (κ2) is 8.16. The maximum absolute atomic E-state index is 12.5. The van der Waals surface area contributed by atoms with E-state index in [-0.39, 0.29) is 22.9 Å². The van der Waals surface area contributed by atoms with Gasteiger partial charge in [-0.1, -0.05) is 25.1 Å². The molecule has 28 heavy (non-hydrogen) atoms. The van der Waals surface area contributed by atoms with Gasteiger partial charge in [0.1, 0.15) is 11.3 Å². The van der Waals surface area contributed by atoms with Crippen LogP contribution in [0, 0.1) is 0 Å². The molecule has 2 atom stereocenters. The number of nitrogens with one attached hydrogen (secondary N) is 2. The molecule has 0 spiro atoms. The second-order valence-corrected chi connectivity index (χ2v) is 8.55. The smallest absolute Gasteiger partial charge is 0.251 e. The van der Waals surface area contributed by atoms with Gasteiger partial charge in [0, 0.05) is 17.0 Å². The van der Waals surface area contributed by atoms with Gasteiger partial charge in [0.25, 0.3) is 5.91 Å². The second-order valence-electron chi connectivity index (χ2n) is 6.84. The average Bonchev–Trinajstić information content (AvgIpc) is 3.12. The number of hydrogen-bond acceptors (Lipinski definition) is 4. The number of benzene rings is 2. The number of carbonyl (C=O) groups is 1. The highest BCUT2D eigenvalue weighted by atomic mass is 32.2. The monoisotopic (exact) mass is 400 g/mol. The Morgan fingerprint density at radius 3 is 2.39 bits per heavy atom. The molecule has 3 rings (SSSR count). The molecule has 0 fully saturated rings. The summed E-state index contributed by atoms with van der Waals surface area (Å²) in [5.41, 5.74) is 1.15. The number of para-hydroxylation sites is 1. The quantitative estimate of drug-likeness (QED) is 0.627. The first-order chi connectivity index (χ1) is 13.3. The van der Waals surface area contributed by atoms with Gasteiger partial charge in [-0.05, 0) is 56.7 Å². The van der Waals surface area contributed by atoms with Crippen LogP contribution in [0.25, 0.3) is 11.0 Å². The Balaban J connectivity index is 1.70. The van der Waals surface area contributed by atoms with Gasteiger partial charge in [0.15, 0.2) is 0 Å². The average molecular weight is 401 g/mol. The fourth-order valence-corrected chi connectivity index (χ4v) is 4.10. The molecule has 0 unspecified atom stereocenters. The lowest BCUT2D eigenvalue weighted by Crippen LogP contribution is -2.32. The van der Waals surface area contributed by atoms with Gasteiger partial charge < -0.3 is 9.73 Å². The molecule has 1 heterocycles. The van der Waals surface area contributed by atoms with Crippen LogP contribution in [0.5, 0.6) is 0 Å². The topological polar surface area (TPSA) is 88.4 Å². The third kappa shape index (κ3) is 4.43. The lowest BCUT2D eigenvalue weighted by atomic mass is 10.1. The van der Waals surface area contributed by atoms with Gasteiger partial charge >= 0.3 is 0 Å². The number of rotatable bonds is 7. The Morgan fingerprint density at radius 1 is 1.07 bits per heavy atom. The number of carbonyl (C=O) groups excluding carboxylic acids is 1. The Kier molecular flexibility index (Phi) is 5.86. The summed E-state index contributed by atoms with van der Waals surface area (Å²) in [6, 6.07) is 14.9. The van der Waals surface area contributed by atoms with Crippen LogP contribution >= 0.6 is 0 Å². The Hall–Kier alpha value is -2.64. The van der Waals surface area contributed by atoms with Crippen molar-refractivity contribution in [2.75, 3.05) is 0 Å². The third-order valence-electron chi connectivity index (χ3n) is 4.61. The van der Waals surface area contributed by atoms with Crippen LogP contribution in [0.1, 0.15) is 49.4 Å². The van der Waals surface area contributed by atoms with E-state index in [9.17, 15) is 13.2 Å². The van der Waals surface area contributed by atoms with Gasteiger partial charge in [-0.15, -0.1) is 0 Å². The SMILES string of the molecule is CC[C@H](C)NS(=O)(=O)c1ccc(C(=O)N[C@H](C)c2cc3ccccc3o2)cc1. The van der Waals surface area contributed by atoms with Crippen molar-refractivity contribution in [1.29, 1.82) is 0 Å². The molecule has 7 heteroatoms. The van der Waals surface area contributed by atoms with Gasteiger partial charge in [0.2, 0.25) is 10.0 Å². The molecule has 0 bridgehead atoms. The molecule has 148 valence electrons. The molecule has 3 aromatic rings. The van der Waals surface area contributed by atoms with Crippen molar-refractivity contribution >= 4 is 26.9 Å². The first-order valence-corrected chi connectivity index (χ1v) is 10.7. The molecule has 0 saturated carbocycles. The number of sulfonamides is 1. The molecule has 0 aliphatic heterocycles. The van der Waals surface area contributed by atoms with E-state index in [0.29, 0.717) is 17.7 Å². The van der Waals surface area contributed by atoms with Crippen molar-refractivity contribution in [3.63, 3.8) is 0 Å². The van der Waals surface area contributed by atoms with Crippen LogP contribution in [0.2, 0.25) is 0 Å². The van der Waals surface area contributed by atoms with Gasteiger partial charge in [-0.25, -0.2) is 13.1 Å². The molecule has 2 N–H and O–H groups in total. The first-order valence-electron chi connectivity index (χ1n) is 9.22. The van der Waals surface area contributed by atoms with Gasteiger partial charge in [-0.3, -0.25) is 4.79 Å². The van der Waals surface area contributed by atoms with E-state index >= 15 is 0 Å². The third-order valence-corrected chi connectivity index (χ3v) is 6.22. The minimum Gasteiger partial charge on any atom is -0.459 e. The summed E-state index contributed by atoms with van der Waals surface area (Å²) >= 11 is 0. The fraction of sp³-hybridized carbons (Fsp3) is 0.286. The number of fused-ring (bicyclic) bond motifs is 1. The van der Waals surface area contributed by atoms with Crippen molar-refractivity contribution in [3.8, 4) is 0 Å². The van der Waals surface area contributed by atoms with Crippen molar-refractivity contribution in [3.05, 3.63) is 65.9 Å². The highest BCUT2D eigenvalue weighted by molar-refractivity contribution is 7.89. The molecule has 2 aromatic carbocycles. The minimum atomic E-state index is -3.59. The van der Waals surface area contributed by atoms with Crippen LogP contribution in [0.15, 0.2) is 63.9 Å². The van der Waals surface area contributed by atoms with Gasteiger partial charge in [0.05, 0.1) is 10.9 Å². The van der Waals surface area contributed by atoms with E-state index in [0.717, 1.165) is 11.0 Å². The van der Waals surface area contributed by atoms with E-state index in [1.807, 2.05) is 44.2 Å². The predicted octanol–water partition coefficient (Wildman–Crippen LogP) is 4.00. The van der Waals surface area contributed by atoms with E-state index in [4.69, 9.17) is 4.42 Å². The van der Waals surface area contributed by atoms with Gasteiger partial charge in [-0.2, -0.15) is 0 Å². The zero-order chi connectivity index (χ0) is 20.3. The molecule has 6 nitrogen and oxygen atoms in total. The molecule has 1 amide bonds. The first kappa shape index (κ1) is 20.1. The van der Waals surface area contributed by atoms with Crippen molar-refractivity contribution in [2.24, 2.45) is 0 Å². The summed E-state index contributed by atoms with van der Waals surface area (Å²) in [4.78, 5) is 12.6. The Morgan fingerprint density at radius 2 is 1.75 bits per heavy atom. The highest BCUT2D eigenvalue weighted by Crippen LogP contribution is 2.24. The van der Waals surface area contributed by atoms with Crippen LogP contribution in [0.4, 0.5) is 0 Å². The standard InChI is InChI=1S/C21H24N2O4S/c1-4-14(2)23-28(25,26)18-11-9-16(10-12-18)21(24)22-15(3)20-13-17-7-5-6-8-19(17)27-20/h5-15,23H,4H2,1-3H3,(H,22,24)/t14-,15+/m0/s1. The molecule has 0 saturated heterocycles. The van der Waals surface area contributed by atoms with E-state index < -0.39 is 10.0 Å². The zero-order valence-electron chi connectivity index (χ0n) is 16.1. The zero-order valence-corrected chi connectivity index (χ0v) is 16.9. The van der Waals surface area contributed by atoms with Crippen LogP contribution < -0.4 is 10.0 Å². The maximum Gasteiger partial charge on any atom is 0.251 e. The highest BCUT2D eigenvalue weighted by Gasteiger charge is 2.19. The molecular weight excluding hydrogens is 376 g/mol. The van der Waals surface area contributed by atoms with E-state index in [2.05, 4.69) is 10.0 Å². The molecule has 0 aliphatic carbocycles. The van der Waals surface area contributed by atoms with E-state index in [1.165, 1.54) is 24.3 Å². The predicted molar refractivity (Wildman–Crippen MR) is 109 cm³/mol. The lowest BCUT2D eigenvalue weighted by Gasteiger charge is -2.13. The summed E-state index contributed by atoms with van der Waals surface area (Å²) < 4.78 is 33.0. The van der Waals surface area contributed by atoms with Crippen LogP contribution in [0.3, 0.4) is 0 Å². The normalized spacial score (nSPS) is 14.0. The fourth-order valence-electron chi connectivity index (χ4n) is 2.77. The molecular formula is C21H24N2O4S. The van der Waals surface area contributed by atoms with E-state index in [1.54, 1.807) is 6.92 Å². The Labute approximate surface area is 165 Å². The summed E-state index contributed by atoms with van der Waals surface area (Å²) in [7, 11) is -3.59. The lowest BCUT2D eigenvalue weighted by molar-refractivity contribution is 0.0935. The molecule has 0 aliphatic rings. The summed E-state index contributed by atoms with van der Waals surface area (Å²) in [5.74, 6) is 0.360. The summed E-state index contributed by atoms with van der Waals surface area (Å²) in [6.45, 7) is 5.55. The molecule has 1 aromatic heterocycles. The van der Waals surface area contributed by atoms with Crippen molar-refractivity contribution in [2.45, 2.75) is 44.2 Å². The largest absolute Gasteiger partial charge is 0.459 e. The van der Waals surface area contributed by atoms with Crippen LogP contribution in [-0.2, 0) is 10.0 Å². The summed E-state index contributed by atoms with van der Waals surface area (Å²) in [6.07, 6.45) is 0.694. The maximum atomic E-state index is 12.5. The number of furan rings is 1. The summed E-state index contributed by atoms with van der Waals surface area (Å²) in [5, 5.41) is 3.85.